The Morgan fingerprint density at radius 1 is 1.45 bits per heavy atom. The first-order chi connectivity index (χ1) is 9.27. The summed E-state index contributed by atoms with van der Waals surface area (Å²) in [7, 11) is 1.93. The third-order valence-electron chi connectivity index (χ3n) is 2.55. The Morgan fingerprint density at radius 2 is 2.15 bits per heavy atom. The molecule has 0 saturated carbocycles. The number of carboxylic acids is 1. The van der Waals surface area contributed by atoms with Gasteiger partial charge in [-0.3, -0.25) is 4.79 Å². The zero-order chi connectivity index (χ0) is 14.9. The Labute approximate surface area is 125 Å². The van der Waals surface area contributed by atoms with Crippen molar-refractivity contribution in [2.75, 3.05) is 0 Å². The normalized spacial score (nSPS) is 11.8. The summed E-state index contributed by atoms with van der Waals surface area (Å²) in [4.78, 5) is 14.9. The molecule has 0 aliphatic carbocycles. The van der Waals surface area contributed by atoms with Crippen molar-refractivity contribution >= 4 is 29.1 Å². The average Bonchev–Trinajstić information content (AvgIpc) is 2.86. The highest BCUT2D eigenvalue weighted by molar-refractivity contribution is 8.00. The molecule has 0 aliphatic rings. The van der Waals surface area contributed by atoms with Crippen molar-refractivity contribution in [1.29, 1.82) is 0 Å². The van der Waals surface area contributed by atoms with Gasteiger partial charge in [0.1, 0.15) is 5.82 Å². The first kappa shape index (κ1) is 15.0. The maximum absolute atomic E-state index is 10.6. The summed E-state index contributed by atoms with van der Waals surface area (Å²) < 4.78 is 2.72. The van der Waals surface area contributed by atoms with Gasteiger partial charge in [-0.2, -0.15) is 0 Å². The van der Waals surface area contributed by atoms with E-state index in [0.717, 1.165) is 15.3 Å². The molecule has 0 fully saturated rings. The molecule has 0 atom stereocenters. The van der Waals surface area contributed by atoms with E-state index >= 15 is 0 Å². The lowest BCUT2D eigenvalue weighted by Crippen LogP contribution is -2.17. The zero-order valence-electron chi connectivity index (χ0n) is 11.7. The summed E-state index contributed by atoms with van der Waals surface area (Å²) in [5.74, 6) is 0.0304. The van der Waals surface area contributed by atoms with E-state index in [0.29, 0.717) is 5.69 Å². The van der Waals surface area contributed by atoms with Crippen molar-refractivity contribution < 1.29 is 9.90 Å². The second-order valence-electron chi connectivity index (χ2n) is 5.39. The van der Waals surface area contributed by atoms with Gasteiger partial charge in [0.15, 0.2) is 9.50 Å². The SMILES string of the molecule is Cn1c(Sc2nc(CC(=O)O)cs2)nnc1C(C)(C)C. The van der Waals surface area contributed by atoms with Crippen LogP contribution in [0, 0.1) is 0 Å². The van der Waals surface area contributed by atoms with Crippen LogP contribution in [0.3, 0.4) is 0 Å². The number of carbonyl (C=O) groups is 1. The van der Waals surface area contributed by atoms with Crippen LogP contribution < -0.4 is 0 Å². The molecule has 0 unspecified atom stereocenters. The van der Waals surface area contributed by atoms with Crippen LogP contribution in [0.15, 0.2) is 14.9 Å². The van der Waals surface area contributed by atoms with E-state index in [-0.39, 0.29) is 11.8 Å². The highest BCUT2D eigenvalue weighted by Gasteiger charge is 2.22. The first-order valence-corrected chi connectivity index (χ1v) is 7.71. The number of rotatable bonds is 4. The lowest BCUT2D eigenvalue weighted by Gasteiger charge is -2.16. The van der Waals surface area contributed by atoms with Crippen molar-refractivity contribution in [3.63, 3.8) is 0 Å². The van der Waals surface area contributed by atoms with E-state index in [1.807, 2.05) is 11.6 Å². The third-order valence-corrected chi connectivity index (χ3v) is 4.57. The number of hydrogen-bond donors (Lipinski definition) is 1. The molecule has 0 amide bonds. The van der Waals surface area contributed by atoms with E-state index < -0.39 is 5.97 Å². The summed E-state index contributed by atoms with van der Waals surface area (Å²) in [6, 6.07) is 0. The molecule has 0 saturated heterocycles. The molecule has 0 aliphatic heterocycles. The van der Waals surface area contributed by atoms with Crippen molar-refractivity contribution in [3.05, 3.63) is 16.9 Å². The fourth-order valence-corrected chi connectivity index (χ4v) is 3.43. The monoisotopic (exact) mass is 312 g/mol. The van der Waals surface area contributed by atoms with Gasteiger partial charge in [-0.25, -0.2) is 4.98 Å². The minimum atomic E-state index is -0.875. The summed E-state index contributed by atoms with van der Waals surface area (Å²) in [5.41, 5.74) is 0.501. The smallest absolute Gasteiger partial charge is 0.309 e. The molecule has 0 bridgehead atoms. The molecule has 0 spiro atoms. The number of aliphatic carboxylic acids is 1. The largest absolute Gasteiger partial charge is 0.481 e. The van der Waals surface area contributed by atoms with Gasteiger partial charge >= 0.3 is 5.97 Å². The van der Waals surface area contributed by atoms with Crippen LogP contribution in [-0.2, 0) is 23.7 Å². The quantitative estimate of drug-likeness (QED) is 0.933. The Balaban J connectivity index is 2.16. The Kier molecular flexibility index (Phi) is 4.14. The molecule has 0 aromatic carbocycles. The maximum Gasteiger partial charge on any atom is 0.309 e. The molecule has 20 heavy (non-hydrogen) atoms. The summed E-state index contributed by atoms with van der Waals surface area (Å²) in [5, 5.41) is 19.6. The molecule has 8 heteroatoms. The number of hydrogen-bond acceptors (Lipinski definition) is 6. The third kappa shape index (κ3) is 3.37. The fourth-order valence-electron chi connectivity index (χ4n) is 1.71. The topological polar surface area (TPSA) is 80.9 Å². The van der Waals surface area contributed by atoms with Gasteiger partial charge in [0.2, 0.25) is 0 Å². The first-order valence-electron chi connectivity index (χ1n) is 6.01. The number of aromatic nitrogens is 4. The molecule has 108 valence electrons. The summed E-state index contributed by atoms with van der Waals surface area (Å²) in [6.07, 6.45) is -0.0525. The summed E-state index contributed by atoms with van der Waals surface area (Å²) >= 11 is 2.82. The van der Waals surface area contributed by atoms with E-state index in [1.165, 1.54) is 23.1 Å². The van der Waals surface area contributed by atoms with Crippen molar-refractivity contribution in [3.8, 4) is 0 Å². The van der Waals surface area contributed by atoms with Crippen LogP contribution in [0.4, 0.5) is 0 Å². The van der Waals surface area contributed by atoms with Crippen LogP contribution in [0.1, 0.15) is 32.3 Å². The lowest BCUT2D eigenvalue weighted by atomic mass is 9.96. The Bertz CT molecular complexity index is 628. The molecule has 2 heterocycles. The van der Waals surface area contributed by atoms with Crippen molar-refractivity contribution in [2.45, 2.75) is 42.1 Å². The van der Waals surface area contributed by atoms with E-state index in [2.05, 4.69) is 36.0 Å². The van der Waals surface area contributed by atoms with Crippen LogP contribution in [0.5, 0.6) is 0 Å². The fraction of sp³-hybridized carbons (Fsp3) is 0.500. The lowest BCUT2D eigenvalue weighted by molar-refractivity contribution is -0.136. The molecular weight excluding hydrogens is 296 g/mol. The maximum atomic E-state index is 10.6. The molecule has 2 aromatic heterocycles. The number of carboxylic acid groups (broad SMARTS) is 1. The van der Waals surface area contributed by atoms with Gasteiger partial charge < -0.3 is 9.67 Å². The minimum Gasteiger partial charge on any atom is -0.481 e. The highest BCUT2D eigenvalue weighted by Crippen LogP contribution is 2.31. The van der Waals surface area contributed by atoms with Gasteiger partial charge in [0.25, 0.3) is 0 Å². The Morgan fingerprint density at radius 3 is 2.70 bits per heavy atom. The van der Waals surface area contributed by atoms with Gasteiger partial charge in [0, 0.05) is 17.8 Å². The standard InChI is InChI=1S/C12H16N4O2S2/c1-12(2,3)9-14-15-10(16(9)4)20-11-13-7(6-19-11)5-8(17)18/h6H,5H2,1-4H3,(H,17,18). The van der Waals surface area contributed by atoms with Gasteiger partial charge in [0.05, 0.1) is 12.1 Å². The van der Waals surface area contributed by atoms with Gasteiger partial charge in [-0.05, 0) is 11.8 Å². The minimum absolute atomic E-state index is 0.0525. The summed E-state index contributed by atoms with van der Waals surface area (Å²) in [6.45, 7) is 6.25. The zero-order valence-corrected chi connectivity index (χ0v) is 13.4. The van der Waals surface area contributed by atoms with E-state index in [4.69, 9.17) is 5.11 Å². The molecule has 2 aromatic rings. The van der Waals surface area contributed by atoms with Gasteiger partial charge in [-0.1, -0.05) is 20.8 Å². The second-order valence-corrected chi connectivity index (χ2v) is 7.47. The predicted molar refractivity (Wildman–Crippen MR) is 77.3 cm³/mol. The molecule has 1 N–H and O–H groups in total. The van der Waals surface area contributed by atoms with Crippen LogP contribution in [0.25, 0.3) is 0 Å². The van der Waals surface area contributed by atoms with Crippen LogP contribution >= 0.6 is 23.1 Å². The van der Waals surface area contributed by atoms with E-state index in [9.17, 15) is 4.79 Å². The number of nitrogens with zero attached hydrogens (tertiary/aromatic N) is 4. The molecular formula is C12H16N4O2S2. The Hall–Kier alpha value is -1.41. The second kappa shape index (κ2) is 5.53. The number of thiazole rings is 1. The van der Waals surface area contributed by atoms with Crippen LogP contribution in [-0.4, -0.2) is 30.8 Å². The van der Waals surface area contributed by atoms with E-state index in [1.54, 1.807) is 5.38 Å². The van der Waals surface area contributed by atoms with Crippen molar-refractivity contribution in [2.24, 2.45) is 7.05 Å². The van der Waals surface area contributed by atoms with Crippen molar-refractivity contribution in [1.82, 2.24) is 19.7 Å². The average molecular weight is 312 g/mol. The highest BCUT2D eigenvalue weighted by atomic mass is 32.2. The molecule has 2 rings (SSSR count). The predicted octanol–water partition coefficient (Wildman–Crippen LogP) is 2.35. The molecule has 0 radical (unpaired) electrons. The van der Waals surface area contributed by atoms with Gasteiger partial charge in [-0.15, -0.1) is 21.5 Å². The molecule has 6 nitrogen and oxygen atoms in total. The van der Waals surface area contributed by atoms with Crippen LogP contribution in [0.2, 0.25) is 0 Å².